The van der Waals surface area contributed by atoms with Crippen molar-refractivity contribution in [3.63, 3.8) is 0 Å². The van der Waals surface area contributed by atoms with E-state index in [1.54, 1.807) is 0 Å². The van der Waals surface area contributed by atoms with E-state index in [2.05, 4.69) is 16.7 Å². The zero-order chi connectivity index (χ0) is 8.85. The summed E-state index contributed by atoms with van der Waals surface area (Å²) in [5.41, 5.74) is -0.0493. The largest absolute Gasteiger partial charge is 0.477 e. The van der Waals surface area contributed by atoms with E-state index in [1.165, 1.54) is 6.92 Å². The fraction of sp³-hybridized carbons (Fsp3) is 0.167. The van der Waals surface area contributed by atoms with Gasteiger partial charge in [-0.05, 0) is 13.6 Å². The Kier molecular flexibility index (Phi) is 4.14. The Morgan fingerprint density at radius 3 is 2.64 bits per heavy atom. The lowest BCUT2D eigenvalue weighted by molar-refractivity contribution is -0.129. The second kappa shape index (κ2) is 4.62. The van der Waals surface area contributed by atoms with Gasteiger partial charge in [-0.2, -0.15) is 0 Å². The van der Waals surface area contributed by atoms with E-state index < -0.39 is 5.97 Å². The first-order valence-electron chi connectivity index (χ1n) is 2.68. The standard InChI is InChI=1S/C6H7ClN2O2/c1-4(6(10)11)9-3-5(7)8-2/h3H,2H2,1H3,(H,10,11)/b5-3-,9-4+. The van der Waals surface area contributed by atoms with Gasteiger partial charge in [-0.3, -0.25) is 9.98 Å². The van der Waals surface area contributed by atoms with Crippen molar-refractivity contribution in [1.29, 1.82) is 0 Å². The smallest absolute Gasteiger partial charge is 0.349 e. The lowest BCUT2D eigenvalue weighted by Crippen LogP contribution is -2.06. The number of carboxylic acid groups (broad SMARTS) is 1. The molecular formula is C6H7ClN2O2. The van der Waals surface area contributed by atoms with Gasteiger partial charge in [0.1, 0.15) is 10.9 Å². The lowest BCUT2D eigenvalue weighted by atomic mass is 10.4. The van der Waals surface area contributed by atoms with Crippen LogP contribution in [-0.4, -0.2) is 23.5 Å². The SMILES string of the molecule is C=N/C(Cl)=C\N=C(/C)C(=O)O. The third-order valence-corrected chi connectivity index (χ3v) is 1.04. The highest BCUT2D eigenvalue weighted by atomic mass is 35.5. The van der Waals surface area contributed by atoms with Crippen LogP contribution in [-0.2, 0) is 4.79 Å². The lowest BCUT2D eigenvalue weighted by Gasteiger charge is -1.87. The van der Waals surface area contributed by atoms with Gasteiger partial charge in [-0.1, -0.05) is 11.6 Å². The summed E-state index contributed by atoms with van der Waals surface area (Å²) in [5, 5.41) is 8.38. The van der Waals surface area contributed by atoms with E-state index in [0.29, 0.717) is 0 Å². The molecule has 60 valence electrons. The third kappa shape index (κ3) is 4.27. The molecule has 0 aromatic carbocycles. The zero-order valence-corrected chi connectivity index (χ0v) is 6.67. The van der Waals surface area contributed by atoms with Gasteiger partial charge in [0, 0.05) is 0 Å². The van der Waals surface area contributed by atoms with Crippen LogP contribution >= 0.6 is 11.6 Å². The first-order chi connectivity index (χ1) is 5.07. The minimum Gasteiger partial charge on any atom is -0.477 e. The molecular weight excluding hydrogens is 168 g/mol. The molecule has 0 saturated heterocycles. The van der Waals surface area contributed by atoms with Gasteiger partial charge < -0.3 is 5.11 Å². The molecule has 0 rings (SSSR count). The maximum absolute atomic E-state index is 10.2. The van der Waals surface area contributed by atoms with Gasteiger partial charge in [0.2, 0.25) is 0 Å². The number of aliphatic imine (C=N–C) groups is 2. The summed E-state index contributed by atoms with van der Waals surface area (Å²) < 4.78 is 0. The van der Waals surface area contributed by atoms with E-state index in [9.17, 15) is 4.79 Å². The number of rotatable bonds is 3. The van der Waals surface area contributed by atoms with Gasteiger partial charge in [0.15, 0.2) is 0 Å². The van der Waals surface area contributed by atoms with Gasteiger partial charge in [-0.15, -0.1) is 0 Å². The highest BCUT2D eigenvalue weighted by molar-refractivity contribution is 6.35. The van der Waals surface area contributed by atoms with Gasteiger partial charge in [-0.25, -0.2) is 4.79 Å². The summed E-state index contributed by atoms with van der Waals surface area (Å²) in [6.07, 6.45) is 1.12. The normalized spacial score (nSPS) is 12.9. The number of carboxylic acids is 1. The van der Waals surface area contributed by atoms with Crippen molar-refractivity contribution in [2.45, 2.75) is 6.92 Å². The predicted octanol–water partition coefficient (Wildman–Crippen LogP) is 1.27. The van der Waals surface area contributed by atoms with Gasteiger partial charge in [0.25, 0.3) is 0 Å². The van der Waals surface area contributed by atoms with Gasteiger partial charge >= 0.3 is 5.97 Å². The maximum Gasteiger partial charge on any atom is 0.349 e. The van der Waals surface area contributed by atoms with Crippen LogP contribution in [0.4, 0.5) is 0 Å². The molecule has 1 N–H and O–H groups in total. The van der Waals surface area contributed by atoms with Crippen LogP contribution in [0.25, 0.3) is 0 Å². The van der Waals surface area contributed by atoms with Crippen LogP contribution < -0.4 is 0 Å². The molecule has 0 aliphatic rings. The zero-order valence-electron chi connectivity index (χ0n) is 5.91. The summed E-state index contributed by atoms with van der Waals surface area (Å²) in [6, 6.07) is 0. The van der Waals surface area contributed by atoms with E-state index >= 15 is 0 Å². The van der Waals surface area contributed by atoms with Crippen molar-refractivity contribution >= 4 is 30.0 Å². The molecule has 0 bridgehead atoms. The molecule has 0 amide bonds. The summed E-state index contributed by atoms with van der Waals surface area (Å²) in [5.74, 6) is -1.09. The van der Waals surface area contributed by atoms with Crippen LogP contribution in [0, 0.1) is 0 Å². The molecule has 0 aliphatic heterocycles. The maximum atomic E-state index is 10.2. The van der Waals surface area contributed by atoms with Crippen LogP contribution in [0.15, 0.2) is 21.3 Å². The highest BCUT2D eigenvalue weighted by Crippen LogP contribution is 2.00. The Hall–Kier alpha value is -1.16. The van der Waals surface area contributed by atoms with Crippen LogP contribution in [0.3, 0.4) is 0 Å². The number of aliphatic carboxylic acids is 1. The number of hydrogen-bond donors (Lipinski definition) is 1. The van der Waals surface area contributed by atoms with E-state index in [1.807, 2.05) is 0 Å². The minimum absolute atomic E-state index is 0.0493. The van der Waals surface area contributed by atoms with E-state index in [4.69, 9.17) is 16.7 Å². The average Bonchev–Trinajstić information content (AvgIpc) is 1.99. The number of nitrogens with zero attached hydrogens (tertiary/aromatic N) is 2. The van der Waals surface area contributed by atoms with Crippen molar-refractivity contribution in [1.82, 2.24) is 0 Å². The first kappa shape index (κ1) is 9.84. The molecule has 0 heterocycles. The topological polar surface area (TPSA) is 62.0 Å². The predicted molar refractivity (Wildman–Crippen MR) is 44.2 cm³/mol. The molecule has 0 atom stereocenters. The summed E-state index contributed by atoms with van der Waals surface area (Å²) in [4.78, 5) is 16.9. The molecule has 11 heavy (non-hydrogen) atoms. The van der Waals surface area contributed by atoms with Crippen LogP contribution in [0.1, 0.15) is 6.92 Å². The van der Waals surface area contributed by atoms with Crippen LogP contribution in [0.2, 0.25) is 0 Å². The molecule has 0 aliphatic carbocycles. The monoisotopic (exact) mass is 174 g/mol. The fourth-order valence-corrected chi connectivity index (χ4v) is 0.295. The molecule has 0 unspecified atom stereocenters. The highest BCUT2D eigenvalue weighted by Gasteiger charge is 1.98. The van der Waals surface area contributed by atoms with Crippen molar-refractivity contribution in [3.05, 3.63) is 11.4 Å². The van der Waals surface area contributed by atoms with Crippen molar-refractivity contribution in [3.8, 4) is 0 Å². The summed E-state index contributed by atoms with van der Waals surface area (Å²) in [6.45, 7) is 4.47. The summed E-state index contributed by atoms with van der Waals surface area (Å²) in [7, 11) is 0. The molecule has 0 saturated carbocycles. The Labute approximate surface area is 68.9 Å². The quantitative estimate of drug-likeness (QED) is 0.517. The molecule has 0 fully saturated rings. The minimum atomic E-state index is -1.09. The van der Waals surface area contributed by atoms with E-state index in [-0.39, 0.29) is 10.9 Å². The van der Waals surface area contributed by atoms with Crippen LogP contribution in [0.5, 0.6) is 0 Å². The van der Waals surface area contributed by atoms with Crippen molar-refractivity contribution < 1.29 is 9.90 Å². The Bertz CT molecular complexity index is 233. The Morgan fingerprint density at radius 1 is 1.73 bits per heavy atom. The molecule has 4 nitrogen and oxygen atoms in total. The number of carbonyl (C=O) groups is 1. The summed E-state index contributed by atoms with van der Waals surface area (Å²) >= 11 is 5.35. The Morgan fingerprint density at radius 2 is 2.27 bits per heavy atom. The third-order valence-electron chi connectivity index (χ3n) is 0.825. The number of hydrogen-bond acceptors (Lipinski definition) is 3. The van der Waals surface area contributed by atoms with E-state index in [0.717, 1.165) is 6.20 Å². The van der Waals surface area contributed by atoms with Crippen molar-refractivity contribution in [2.24, 2.45) is 9.98 Å². The van der Waals surface area contributed by atoms with Gasteiger partial charge in [0.05, 0.1) is 6.20 Å². The number of halogens is 1. The average molecular weight is 175 g/mol. The molecule has 5 heteroatoms. The second-order valence-corrected chi connectivity index (χ2v) is 2.02. The Balaban J connectivity index is 4.34. The molecule has 0 spiro atoms. The molecule has 0 aromatic heterocycles. The molecule has 0 radical (unpaired) electrons. The molecule has 0 aromatic rings. The van der Waals surface area contributed by atoms with Crippen molar-refractivity contribution in [2.75, 3.05) is 0 Å². The second-order valence-electron chi connectivity index (χ2n) is 1.63. The fourth-order valence-electron chi connectivity index (χ4n) is 0.246. The first-order valence-corrected chi connectivity index (χ1v) is 3.05.